The van der Waals surface area contributed by atoms with Crippen LogP contribution < -0.4 is 5.56 Å². The van der Waals surface area contributed by atoms with E-state index in [-0.39, 0.29) is 11.7 Å². The summed E-state index contributed by atoms with van der Waals surface area (Å²) >= 11 is 0. The van der Waals surface area contributed by atoms with E-state index < -0.39 is 0 Å². The number of aryl methyl sites for hydroxylation is 1. The summed E-state index contributed by atoms with van der Waals surface area (Å²) in [6.07, 6.45) is 1.80. The molecule has 2 heterocycles. The Balaban J connectivity index is 1.70. The first-order valence-corrected chi connectivity index (χ1v) is 8.97. The SMILES string of the molecule is Cc1ccc2[nH]c(=O)c(CN3CCC(C(O)C(C)C)CC3)cc2c1. The topological polar surface area (TPSA) is 56.3 Å². The average molecular weight is 328 g/mol. The molecule has 4 heteroatoms. The van der Waals surface area contributed by atoms with Crippen LogP contribution in [0.2, 0.25) is 0 Å². The van der Waals surface area contributed by atoms with Gasteiger partial charge in [-0.25, -0.2) is 0 Å². The molecule has 0 spiro atoms. The fraction of sp³-hybridized carbons (Fsp3) is 0.550. The number of H-pyrrole nitrogens is 1. The van der Waals surface area contributed by atoms with Gasteiger partial charge in [-0.3, -0.25) is 9.69 Å². The van der Waals surface area contributed by atoms with Gasteiger partial charge in [0.2, 0.25) is 0 Å². The summed E-state index contributed by atoms with van der Waals surface area (Å²) in [5.41, 5.74) is 2.93. The van der Waals surface area contributed by atoms with Gasteiger partial charge in [-0.05, 0) is 68.3 Å². The molecule has 0 amide bonds. The molecule has 24 heavy (non-hydrogen) atoms. The highest BCUT2D eigenvalue weighted by atomic mass is 16.3. The van der Waals surface area contributed by atoms with Crippen LogP contribution in [0.1, 0.15) is 37.8 Å². The number of likely N-dealkylation sites (tertiary alicyclic amines) is 1. The maximum atomic E-state index is 12.3. The number of aromatic nitrogens is 1. The molecular formula is C20H28N2O2. The van der Waals surface area contributed by atoms with Crippen molar-refractivity contribution in [1.82, 2.24) is 9.88 Å². The molecule has 3 rings (SSSR count). The van der Waals surface area contributed by atoms with Gasteiger partial charge in [0.05, 0.1) is 6.10 Å². The molecule has 1 fully saturated rings. The molecule has 1 aromatic heterocycles. The molecule has 4 nitrogen and oxygen atoms in total. The average Bonchev–Trinajstić information content (AvgIpc) is 2.56. The number of piperidine rings is 1. The number of hydrogen-bond acceptors (Lipinski definition) is 3. The summed E-state index contributed by atoms with van der Waals surface area (Å²) in [6.45, 7) is 8.79. The third-order valence-electron chi connectivity index (χ3n) is 5.27. The van der Waals surface area contributed by atoms with Gasteiger partial charge in [0.15, 0.2) is 0 Å². The number of rotatable bonds is 4. The lowest BCUT2D eigenvalue weighted by atomic mass is 9.85. The van der Waals surface area contributed by atoms with E-state index in [1.54, 1.807) is 0 Å². The van der Waals surface area contributed by atoms with Crippen LogP contribution in [0.4, 0.5) is 0 Å². The summed E-state index contributed by atoms with van der Waals surface area (Å²) in [7, 11) is 0. The van der Waals surface area contributed by atoms with Gasteiger partial charge in [-0.2, -0.15) is 0 Å². The highest BCUT2D eigenvalue weighted by Gasteiger charge is 2.27. The number of nitrogens with one attached hydrogen (secondary N) is 1. The Labute approximate surface area is 143 Å². The Kier molecular flexibility index (Phi) is 5.07. The van der Waals surface area contributed by atoms with Crippen LogP contribution in [0, 0.1) is 18.8 Å². The number of aromatic amines is 1. The summed E-state index contributed by atoms with van der Waals surface area (Å²) in [5, 5.41) is 11.3. The molecule has 1 aliphatic heterocycles. The van der Waals surface area contributed by atoms with Crippen molar-refractivity contribution in [3.63, 3.8) is 0 Å². The molecule has 1 unspecified atom stereocenters. The third kappa shape index (κ3) is 3.70. The molecule has 0 aliphatic carbocycles. The number of aliphatic hydroxyl groups is 1. The van der Waals surface area contributed by atoms with Crippen LogP contribution in [0.25, 0.3) is 10.9 Å². The molecular weight excluding hydrogens is 300 g/mol. The standard InChI is InChI=1S/C20H28N2O2/c1-13(2)19(23)15-6-8-22(9-7-15)12-17-11-16-10-14(3)4-5-18(16)21-20(17)24/h4-5,10-11,13,15,19,23H,6-9,12H2,1-3H3,(H,21,24). The Morgan fingerprint density at radius 3 is 2.62 bits per heavy atom. The van der Waals surface area contributed by atoms with Crippen LogP contribution in [-0.2, 0) is 6.54 Å². The lowest BCUT2D eigenvalue weighted by molar-refractivity contribution is 0.0269. The normalized spacial score (nSPS) is 18.4. The van der Waals surface area contributed by atoms with E-state index in [2.05, 4.69) is 36.7 Å². The fourth-order valence-electron chi connectivity index (χ4n) is 3.73. The summed E-state index contributed by atoms with van der Waals surface area (Å²) < 4.78 is 0. The van der Waals surface area contributed by atoms with Crippen molar-refractivity contribution in [2.24, 2.45) is 11.8 Å². The maximum absolute atomic E-state index is 12.3. The minimum absolute atomic E-state index is 0.00990. The molecule has 1 atom stereocenters. The van der Waals surface area contributed by atoms with E-state index in [0.29, 0.717) is 18.4 Å². The minimum Gasteiger partial charge on any atom is -0.393 e. The largest absolute Gasteiger partial charge is 0.393 e. The van der Waals surface area contributed by atoms with Crippen molar-refractivity contribution in [1.29, 1.82) is 0 Å². The van der Waals surface area contributed by atoms with Crippen molar-refractivity contribution in [2.75, 3.05) is 13.1 Å². The van der Waals surface area contributed by atoms with Crippen LogP contribution in [0.5, 0.6) is 0 Å². The van der Waals surface area contributed by atoms with E-state index in [1.165, 1.54) is 5.56 Å². The zero-order chi connectivity index (χ0) is 17.3. The van der Waals surface area contributed by atoms with E-state index in [9.17, 15) is 9.90 Å². The lowest BCUT2D eigenvalue weighted by Crippen LogP contribution is -2.39. The predicted octanol–water partition coefficient (Wildman–Crippen LogP) is 3.07. The summed E-state index contributed by atoms with van der Waals surface area (Å²) in [5.74, 6) is 0.701. The number of aliphatic hydroxyl groups excluding tert-OH is 1. The first-order valence-electron chi connectivity index (χ1n) is 8.97. The van der Waals surface area contributed by atoms with Crippen molar-refractivity contribution < 1.29 is 5.11 Å². The van der Waals surface area contributed by atoms with Gasteiger partial charge in [-0.1, -0.05) is 25.5 Å². The summed E-state index contributed by atoms with van der Waals surface area (Å²) in [6, 6.07) is 8.12. The van der Waals surface area contributed by atoms with E-state index in [0.717, 1.165) is 42.4 Å². The molecule has 0 bridgehead atoms. The molecule has 0 saturated carbocycles. The van der Waals surface area contributed by atoms with E-state index in [1.807, 2.05) is 18.2 Å². The Morgan fingerprint density at radius 1 is 1.25 bits per heavy atom. The zero-order valence-electron chi connectivity index (χ0n) is 14.9. The molecule has 1 aromatic carbocycles. The van der Waals surface area contributed by atoms with Crippen molar-refractivity contribution >= 4 is 10.9 Å². The Bertz CT molecular complexity index is 758. The second-order valence-electron chi connectivity index (χ2n) is 7.56. The van der Waals surface area contributed by atoms with E-state index in [4.69, 9.17) is 0 Å². The molecule has 2 N–H and O–H groups in total. The van der Waals surface area contributed by atoms with Gasteiger partial charge in [0.1, 0.15) is 0 Å². The molecule has 130 valence electrons. The lowest BCUT2D eigenvalue weighted by Gasteiger charge is -2.35. The first-order chi connectivity index (χ1) is 11.4. The monoisotopic (exact) mass is 328 g/mol. The van der Waals surface area contributed by atoms with Crippen molar-refractivity contribution in [3.05, 3.63) is 45.7 Å². The quantitative estimate of drug-likeness (QED) is 0.907. The number of fused-ring (bicyclic) bond motifs is 1. The Hall–Kier alpha value is -1.65. The predicted molar refractivity (Wildman–Crippen MR) is 98.2 cm³/mol. The fourth-order valence-corrected chi connectivity index (χ4v) is 3.73. The van der Waals surface area contributed by atoms with Gasteiger partial charge < -0.3 is 10.1 Å². The van der Waals surface area contributed by atoms with Crippen molar-refractivity contribution in [2.45, 2.75) is 46.3 Å². The molecule has 0 radical (unpaired) electrons. The van der Waals surface area contributed by atoms with Gasteiger partial charge in [0, 0.05) is 17.6 Å². The highest BCUT2D eigenvalue weighted by molar-refractivity contribution is 5.79. The second-order valence-corrected chi connectivity index (χ2v) is 7.56. The van der Waals surface area contributed by atoms with Gasteiger partial charge >= 0.3 is 0 Å². The number of nitrogens with zero attached hydrogens (tertiary/aromatic N) is 1. The minimum atomic E-state index is -0.209. The number of pyridine rings is 1. The van der Waals surface area contributed by atoms with Crippen LogP contribution in [-0.4, -0.2) is 34.2 Å². The van der Waals surface area contributed by atoms with Crippen LogP contribution in [0.3, 0.4) is 0 Å². The van der Waals surface area contributed by atoms with E-state index >= 15 is 0 Å². The molecule has 2 aromatic rings. The smallest absolute Gasteiger partial charge is 0.252 e. The number of benzene rings is 1. The van der Waals surface area contributed by atoms with Gasteiger partial charge in [0.25, 0.3) is 5.56 Å². The van der Waals surface area contributed by atoms with Gasteiger partial charge in [-0.15, -0.1) is 0 Å². The Morgan fingerprint density at radius 2 is 1.96 bits per heavy atom. The highest BCUT2D eigenvalue weighted by Crippen LogP contribution is 2.25. The maximum Gasteiger partial charge on any atom is 0.252 e. The first kappa shape index (κ1) is 17.2. The summed E-state index contributed by atoms with van der Waals surface area (Å²) in [4.78, 5) is 17.7. The molecule has 1 saturated heterocycles. The van der Waals surface area contributed by atoms with Crippen molar-refractivity contribution in [3.8, 4) is 0 Å². The number of hydrogen-bond donors (Lipinski definition) is 2. The molecule has 1 aliphatic rings. The van der Waals surface area contributed by atoms with Crippen LogP contribution >= 0.6 is 0 Å². The zero-order valence-corrected chi connectivity index (χ0v) is 14.9. The third-order valence-corrected chi connectivity index (χ3v) is 5.27. The van der Waals surface area contributed by atoms with Crippen LogP contribution in [0.15, 0.2) is 29.1 Å². The second kappa shape index (κ2) is 7.08.